The maximum absolute atomic E-state index is 12.1. The lowest BCUT2D eigenvalue weighted by atomic mass is 10.2. The number of amides is 1. The molecule has 1 aromatic carbocycles. The normalized spacial score (nSPS) is 16.2. The van der Waals surface area contributed by atoms with Crippen LogP contribution in [0.2, 0.25) is 0 Å². The number of aromatic nitrogens is 2. The molecule has 1 aliphatic rings. The highest BCUT2D eigenvalue weighted by Gasteiger charge is 2.20. The minimum atomic E-state index is 0.0820. The van der Waals surface area contributed by atoms with Crippen LogP contribution in [0.3, 0.4) is 0 Å². The van der Waals surface area contributed by atoms with E-state index in [2.05, 4.69) is 53.4 Å². The Labute approximate surface area is 168 Å². The predicted molar refractivity (Wildman–Crippen MR) is 116 cm³/mol. The fraction of sp³-hybridized carbons (Fsp3) is 0.636. The van der Waals surface area contributed by atoms with Crippen LogP contribution in [0.4, 0.5) is 5.69 Å². The van der Waals surface area contributed by atoms with E-state index >= 15 is 0 Å². The second-order valence-corrected chi connectivity index (χ2v) is 8.06. The Morgan fingerprint density at radius 1 is 1.14 bits per heavy atom. The van der Waals surface area contributed by atoms with Crippen molar-refractivity contribution in [3.05, 3.63) is 24.0 Å². The van der Waals surface area contributed by atoms with Crippen molar-refractivity contribution in [3.8, 4) is 0 Å². The Hall–Kier alpha value is -1.92. The highest BCUT2D eigenvalue weighted by molar-refractivity contribution is 5.93. The summed E-state index contributed by atoms with van der Waals surface area (Å²) in [6, 6.07) is 6.45. The van der Waals surface area contributed by atoms with E-state index in [4.69, 9.17) is 4.98 Å². The van der Waals surface area contributed by atoms with Gasteiger partial charge in [0, 0.05) is 44.3 Å². The summed E-state index contributed by atoms with van der Waals surface area (Å²) in [7, 11) is 0. The second kappa shape index (κ2) is 9.52. The van der Waals surface area contributed by atoms with Crippen LogP contribution in [0, 0.1) is 0 Å². The van der Waals surface area contributed by atoms with Gasteiger partial charge in [-0.1, -0.05) is 20.3 Å². The minimum absolute atomic E-state index is 0.0820. The first-order valence-electron chi connectivity index (χ1n) is 10.8. The third kappa shape index (κ3) is 4.92. The molecule has 1 fully saturated rings. The molecule has 0 unspecified atom stereocenters. The van der Waals surface area contributed by atoms with Gasteiger partial charge in [-0.15, -0.1) is 0 Å². The van der Waals surface area contributed by atoms with Crippen LogP contribution in [0.25, 0.3) is 11.0 Å². The lowest BCUT2D eigenvalue weighted by Crippen LogP contribution is -2.45. The predicted octanol–water partition coefficient (Wildman–Crippen LogP) is 3.88. The lowest BCUT2D eigenvalue weighted by Gasteiger charge is -2.34. The quantitative estimate of drug-likeness (QED) is 0.749. The summed E-state index contributed by atoms with van der Waals surface area (Å²) < 4.78 is 2.34. The molecular formula is C22H35N5O. The lowest BCUT2D eigenvalue weighted by molar-refractivity contribution is -0.116. The van der Waals surface area contributed by atoms with Crippen LogP contribution in [0.1, 0.15) is 58.8 Å². The molecule has 1 N–H and O–H groups in total. The van der Waals surface area contributed by atoms with Gasteiger partial charge in [-0.2, -0.15) is 0 Å². The molecule has 1 aliphatic heterocycles. The second-order valence-electron chi connectivity index (χ2n) is 8.06. The van der Waals surface area contributed by atoms with Crippen LogP contribution in [-0.2, 0) is 11.3 Å². The molecule has 0 aliphatic carbocycles. The van der Waals surface area contributed by atoms with E-state index in [-0.39, 0.29) is 5.91 Å². The van der Waals surface area contributed by atoms with Crippen molar-refractivity contribution in [1.29, 1.82) is 0 Å². The highest BCUT2D eigenvalue weighted by Crippen LogP contribution is 2.25. The molecule has 2 aromatic rings. The van der Waals surface area contributed by atoms with Gasteiger partial charge >= 0.3 is 0 Å². The van der Waals surface area contributed by atoms with E-state index in [1.807, 2.05) is 12.1 Å². The van der Waals surface area contributed by atoms with E-state index in [0.29, 0.717) is 12.5 Å². The van der Waals surface area contributed by atoms with Crippen LogP contribution in [0.15, 0.2) is 18.2 Å². The van der Waals surface area contributed by atoms with Crippen LogP contribution < -0.4 is 5.32 Å². The van der Waals surface area contributed by atoms with E-state index in [1.165, 1.54) is 0 Å². The summed E-state index contributed by atoms with van der Waals surface area (Å²) >= 11 is 0. The van der Waals surface area contributed by atoms with Crippen molar-refractivity contribution < 1.29 is 4.79 Å². The number of carbonyl (C=O) groups excluding carboxylic acids is 1. The number of nitrogens with zero attached hydrogens (tertiary/aromatic N) is 4. The summed E-state index contributed by atoms with van der Waals surface area (Å²) in [5.41, 5.74) is 2.94. The molecule has 2 heterocycles. The average Bonchev–Trinajstić information content (AvgIpc) is 3.04. The Bertz CT molecular complexity index is 790. The minimum Gasteiger partial charge on any atom is -0.326 e. The molecule has 154 valence electrons. The largest absolute Gasteiger partial charge is 0.326 e. The molecular weight excluding hydrogens is 350 g/mol. The van der Waals surface area contributed by atoms with E-state index in [1.54, 1.807) is 0 Å². The zero-order valence-electron chi connectivity index (χ0n) is 17.9. The number of benzene rings is 1. The van der Waals surface area contributed by atoms with E-state index in [9.17, 15) is 4.79 Å². The molecule has 0 radical (unpaired) electrons. The van der Waals surface area contributed by atoms with Gasteiger partial charge in [0.05, 0.1) is 17.6 Å². The maximum Gasteiger partial charge on any atom is 0.224 e. The Morgan fingerprint density at radius 2 is 1.86 bits per heavy atom. The first-order valence-corrected chi connectivity index (χ1v) is 10.8. The van der Waals surface area contributed by atoms with Crippen molar-refractivity contribution in [3.63, 3.8) is 0 Å². The zero-order valence-corrected chi connectivity index (χ0v) is 17.9. The van der Waals surface area contributed by atoms with Crippen LogP contribution in [0.5, 0.6) is 0 Å². The van der Waals surface area contributed by atoms with Gasteiger partial charge in [0.2, 0.25) is 5.91 Å². The Kier molecular flexibility index (Phi) is 7.08. The first-order chi connectivity index (χ1) is 13.5. The number of rotatable bonds is 8. The molecule has 3 rings (SSSR count). The van der Waals surface area contributed by atoms with Gasteiger partial charge in [0.15, 0.2) is 0 Å². The smallest absolute Gasteiger partial charge is 0.224 e. The highest BCUT2D eigenvalue weighted by atomic mass is 16.1. The molecule has 0 spiro atoms. The summed E-state index contributed by atoms with van der Waals surface area (Å²) in [6.07, 6.45) is 2.52. The molecule has 0 bridgehead atoms. The molecule has 0 atom stereocenters. The first kappa shape index (κ1) is 20.8. The number of anilines is 1. The Balaban J connectivity index is 1.78. The van der Waals surface area contributed by atoms with Gasteiger partial charge < -0.3 is 14.8 Å². The fourth-order valence-corrected chi connectivity index (χ4v) is 3.94. The third-order valence-electron chi connectivity index (χ3n) is 5.60. The molecule has 1 aromatic heterocycles. The molecule has 1 saturated heterocycles. The third-order valence-corrected chi connectivity index (χ3v) is 5.60. The van der Waals surface area contributed by atoms with Gasteiger partial charge in [0.1, 0.15) is 5.82 Å². The number of hydrogen-bond donors (Lipinski definition) is 1. The van der Waals surface area contributed by atoms with Crippen LogP contribution in [-0.4, -0.2) is 58.0 Å². The van der Waals surface area contributed by atoms with Crippen molar-refractivity contribution in [2.45, 2.75) is 59.5 Å². The summed E-state index contributed by atoms with van der Waals surface area (Å²) in [5.74, 6) is 1.20. The fourth-order valence-electron chi connectivity index (χ4n) is 3.94. The Morgan fingerprint density at radius 3 is 2.50 bits per heavy atom. The van der Waals surface area contributed by atoms with Crippen molar-refractivity contribution in [2.24, 2.45) is 0 Å². The van der Waals surface area contributed by atoms with E-state index < -0.39 is 0 Å². The number of likely N-dealkylation sites (N-methyl/N-ethyl adjacent to an activating group) is 1. The summed E-state index contributed by atoms with van der Waals surface area (Å²) in [5, 5.41) is 3.02. The standard InChI is InChI=1S/C22H35N5O/c1-5-7-8-22(28)23-18-9-10-20-19(15-18)24-21(27(20)17(3)4)16-26-13-11-25(6-2)12-14-26/h9-10,15,17H,5-8,11-14,16H2,1-4H3,(H,23,28). The van der Waals surface area contributed by atoms with E-state index in [0.717, 1.165) is 74.7 Å². The SMILES string of the molecule is CCCCC(=O)Nc1ccc2c(c1)nc(CN1CCN(CC)CC1)n2C(C)C. The van der Waals surface area contributed by atoms with Crippen molar-refractivity contribution >= 4 is 22.6 Å². The molecule has 6 heteroatoms. The number of unbranched alkanes of at least 4 members (excludes halogenated alkanes) is 1. The number of nitrogens with one attached hydrogen (secondary N) is 1. The maximum atomic E-state index is 12.1. The molecule has 6 nitrogen and oxygen atoms in total. The van der Waals surface area contributed by atoms with Gasteiger partial charge in [0.25, 0.3) is 0 Å². The number of hydrogen-bond acceptors (Lipinski definition) is 4. The molecule has 0 saturated carbocycles. The van der Waals surface area contributed by atoms with Gasteiger partial charge in [-0.3, -0.25) is 9.69 Å². The zero-order chi connectivity index (χ0) is 20.1. The molecule has 1 amide bonds. The number of piperazine rings is 1. The van der Waals surface area contributed by atoms with Crippen LogP contribution >= 0.6 is 0 Å². The monoisotopic (exact) mass is 385 g/mol. The number of fused-ring (bicyclic) bond motifs is 1. The number of carbonyl (C=O) groups is 1. The van der Waals surface area contributed by atoms with Crippen molar-refractivity contribution in [1.82, 2.24) is 19.4 Å². The van der Waals surface area contributed by atoms with Gasteiger partial charge in [-0.05, 0) is 45.0 Å². The molecule has 28 heavy (non-hydrogen) atoms. The van der Waals surface area contributed by atoms with Crippen molar-refractivity contribution in [2.75, 3.05) is 38.0 Å². The number of imidazole rings is 1. The summed E-state index contributed by atoms with van der Waals surface area (Å²) in [4.78, 5) is 22.0. The summed E-state index contributed by atoms with van der Waals surface area (Å²) in [6.45, 7) is 15.2. The topological polar surface area (TPSA) is 53.4 Å². The van der Waals surface area contributed by atoms with Gasteiger partial charge in [-0.25, -0.2) is 4.98 Å². The average molecular weight is 386 g/mol.